The smallest absolute Gasteiger partial charge is 0.163 e. The third-order valence-electron chi connectivity index (χ3n) is 1.71. The SMILES string of the molecule is Cc1nc(Cl)c2c(Br)nn(C)c2n1. The number of nitrogens with zero attached hydrogens (tertiary/aromatic N) is 4. The van der Waals surface area contributed by atoms with E-state index >= 15 is 0 Å². The molecular weight excluding hydrogens is 255 g/mol. The molecule has 2 rings (SSSR count). The third-order valence-corrected chi connectivity index (χ3v) is 2.54. The van der Waals surface area contributed by atoms with Crippen LogP contribution in [0.15, 0.2) is 4.60 Å². The van der Waals surface area contributed by atoms with Crippen LogP contribution in [0.1, 0.15) is 5.82 Å². The molecule has 13 heavy (non-hydrogen) atoms. The number of fused-ring (bicyclic) bond motifs is 1. The topological polar surface area (TPSA) is 43.6 Å². The molecule has 68 valence electrons. The molecule has 0 amide bonds. The second-order valence-corrected chi connectivity index (χ2v) is 3.78. The second-order valence-electron chi connectivity index (χ2n) is 2.67. The molecule has 0 N–H and O–H groups in total. The minimum Gasteiger partial charge on any atom is -0.249 e. The van der Waals surface area contributed by atoms with E-state index in [-0.39, 0.29) is 0 Å². The van der Waals surface area contributed by atoms with Gasteiger partial charge in [-0.25, -0.2) is 14.6 Å². The first-order valence-electron chi connectivity index (χ1n) is 3.62. The summed E-state index contributed by atoms with van der Waals surface area (Å²) in [4.78, 5) is 8.28. The predicted octanol–water partition coefficient (Wildman–Crippen LogP) is 2.09. The van der Waals surface area contributed by atoms with E-state index in [4.69, 9.17) is 11.6 Å². The summed E-state index contributed by atoms with van der Waals surface area (Å²) >= 11 is 9.24. The fourth-order valence-corrected chi connectivity index (χ4v) is 2.18. The number of rotatable bonds is 0. The van der Waals surface area contributed by atoms with Gasteiger partial charge in [-0.15, -0.1) is 0 Å². The van der Waals surface area contributed by atoms with Gasteiger partial charge in [0, 0.05) is 7.05 Å². The minimum atomic E-state index is 0.433. The van der Waals surface area contributed by atoms with Crippen LogP contribution in [0.4, 0.5) is 0 Å². The van der Waals surface area contributed by atoms with Gasteiger partial charge in [0.15, 0.2) is 5.65 Å². The van der Waals surface area contributed by atoms with Crippen molar-refractivity contribution < 1.29 is 0 Å². The molecule has 0 fully saturated rings. The Labute approximate surface area is 88.1 Å². The molecule has 0 spiro atoms. The molecule has 0 aliphatic carbocycles. The average molecular weight is 262 g/mol. The Morgan fingerprint density at radius 2 is 2.08 bits per heavy atom. The van der Waals surface area contributed by atoms with Crippen LogP contribution in [0.2, 0.25) is 5.15 Å². The number of hydrogen-bond donors (Lipinski definition) is 0. The molecule has 0 aromatic carbocycles. The van der Waals surface area contributed by atoms with Crippen LogP contribution >= 0.6 is 27.5 Å². The van der Waals surface area contributed by atoms with Crippen molar-refractivity contribution in [2.45, 2.75) is 6.92 Å². The van der Waals surface area contributed by atoms with Gasteiger partial charge in [-0.1, -0.05) is 11.6 Å². The monoisotopic (exact) mass is 260 g/mol. The second kappa shape index (κ2) is 2.92. The summed E-state index contributed by atoms with van der Waals surface area (Å²) in [7, 11) is 1.82. The van der Waals surface area contributed by atoms with E-state index in [0.29, 0.717) is 15.6 Å². The highest BCUT2D eigenvalue weighted by Crippen LogP contribution is 2.26. The molecule has 0 saturated heterocycles. The third kappa shape index (κ3) is 1.32. The van der Waals surface area contributed by atoms with Crippen LogP contribution in [0.5, 0.6) is 0 Å². The van der Waals surface area contributed by atoms with Crippen molar-refractivity contribution in [2.24, 2.45) is 7.05 Å². The van der Waals surface area contributed by atoms with Crippen LogP contribution in [0, 0.1) is 6.92 Å². The van der Waals surface area contributed by atoms with Gasteiger partial charge in [0.2, 0.25) is 0 Å². The average Bonchev–Trinajstić information content (AvgIpc) is 2.27. The summed E-state index contributed by atoms with van der Waals surface area (Å²) in [6.45, 7) is 1.80. The highest BCUT2D eigenvalue weighted by Gasteiger charge is 2.12. The number of aromatic nitrogens is 4. The number of aryl methyl sites for hydroxylation is 2. The summed E-state index contributed by atoms with van der Waals surface area (Å²) in [5, 5.41) is 5.33. The van der Waals surface area contributed by atoms with Crippen LogP contribution in [-0.2, 0) is 7.05 Å². The Bertz CT molecular complexity index is 479. The van der Waals surface area contributed by atoms with Crippen LogP contribution < -0.4 is 0 Å². The molecule has 0 aliphatic heterocycles. The quantitative estimate of drug-likeness (QED) is 0.682. The molecule has 2 heterocycles. The van der Waals surface area contributed by atoms with Gasteiger partial charge in [0.1, 0.15) is 15.6 Å². The Hall–Kier alpha value is -0.680. The fourth-order valence-electron chi connectivity index (χ4n) is 1.16. The lowest BCUT2D eigenvalue weighted by Gasteiger charge is -1.96. The Morgan fingerprint density at radius 3 is 2.77 bits per heavy atom. The van der Waals surface area contributed by atoms with Gasteiger partial charge in [0.05, 0.1) is 5.39 Å². The van der Waals surface area contributed by atoms with E-state index < -0.39 is 0 Å². The highest BCUT2D eigenvalue weighted by molar-refractivity contribution is 9.10. The van der Waals surface area contributed by atoms with E-state index in [1.165, 1.54) is 0 Å². The lowest BCUT2D eigenvalue weighted by Crippen LogP contribution is -1.95. The van der Waals surface area contributed by atoms with Crippen molar-refractivity contribution in [3.8, 4) is 0 Å². The van der Waals surface area contributed by atoms with E-state index in [1.807, 2.05) is 7.05 Å². The molecule has 0 bridgehead atoms. The fraction of sp³-hybridized carbons (Fsp3) is 0.286. The van der Waals surface area contributed by atoms with Crippen molar-refractivity contribution in [1.82, 2.24) is 19.7 Å². The molecule has 6 heteroatoms. The van der Waals surface area contributed by atoms with Crippen molar-refractivity contribution in [3.05, 3.63) is 15.6 Å². The first-order valence-corrected chi connectivity index (χ1v) is 4.79. The van der Waals surface area contributed by atoms with E-state index in [0.717, 1.165) is 11.0 Å². The largest absolute Gasteiger partial charge is 0.249 e. The molecule has 0 radical (unpaired) electrons. The van der Waals surface area contributed by atoms with Gasteiger partial charge < -0.3 is 0 Å². The maximum Gasteiger partial charge on any atom is 0.163 e. The van der Waals surface area contributed by atoms with Gasteiger partial charge in [-0.3, -0.25) is 0 Å². The van der Waals surface area contributed by atoms with Crippen molar-refractivity contribution >= 4 is 38.6 Å². The maximum atomic E-state index is 5.95. The summed E-state index contributed by atoms with van der Waals surface area (Å²) in [5.74, 6) is 0.646. The summed E-state index contributed by atoms with van der Waals surface area (Å²) < 4.78 is 2.34. The Kier molecular flexibility index (Phi) is 2.00. The van der Waals surface area contributed by atoms with Gasteiger partial charge in [-0.05, 0) is 22.9 Å². The van der Waals surface area contributed by atoms with Gasteiger partial charge in [0.25, 0.3) is 0 Å². The standard InChI is InChI=1S/C7H6BrClN4/c1-3-10-6(9)4-5(8)12-13(2)7(4)11-3/h1-2H3. The first kappa shape index (κ1) is 8.90. The summed E-state index contributed by atoms with van der Waals surface area (Å²) in [6, 6.07) is 0. The van der Waals surface area contributed by atoms with E-state index in [1.54, 1.807) is 11.6 Å². The summed E-state index contributed by atoms with van der Waals surface area (Å²) in [6.07, 6.45) is 0. The number of hydrogen-bond acceptors (Lipinski definition) is 3. The lowest BCUT2D eigenvalue weighted by atomic mass is 10.4. The summed E-state index contributed by atoms with van der Waals surface area (Å²) in [5.41, 5.74) is 0.740. The normalized spacial score (nSPS) is 11.1. The van der Waals surface area contributed by atoms with Crippen LogP contribution in [-0.4, -0.2) is 19.7 Å². The van der Waals surface area contributed by atoms with Gasteiger partial charge >= 0.3 is 0 Å². The molecule has 4 nitrogen and oxygen atoms in total. The zero-order chi connectivity index (χ0) is 9.59. The molecule has 2 aromatic rings. The van der Waals surface area contributed by atoms with E-state index in [2.05, 4.69) is 31.0 Å². The molecular formula is C7H6BrClN4. The predicted molar refractivity (Wildman–Crippen MR) is 53.8 cm³/mol. The Morgan fingerprint density at radius 1 is 1.38 bits per heavy atom. The van der Waals surface area contributed by atoms with Crippen molar-refractivity contribution in [2.75, 3.05) is 0 Å². The van der Waals surface area contributed by atoms with Crippen LogP contribution in [0.3, 0.4) is 0 Å². The van der Waals surface area contributed by atoms with Crippen molar-refractivity contribution in [1.29, 1.82) is 0 Å². The van der Waals surface area contributed by atoms with E-state index in [9.17, 15) is 0 Å². The first-order chi connectivity index (χ1) is 6.09. The molecule has 0 saturated carbocycles. The zero-order valence-electron chi connectivity index (χ0n) is 7.04. The zero-order valence-corrected chi connectivity index (χ0v) is 9.39. The number of halogens is 2. The minimum absolute atomic E-state index is 0.433. The molecule has 0 aliphatic rings. The highest BCUT2D eigenvalue weighted by atomic mass is 79.9. The molecule has 0 unspecified atom stereocenters. The maximum absolute atomic E-state index is 5.95. The lowest BCUT2D eigenvalue weighted by molar-refractivity contribution is 0.775. The van der Waals surface area contributed by atoms with Crippen LogP contribution in [0.25, 0.3) is 11.0 Å². The van der Waals surface area contributed by atoms with Crippen molar-refractivity contribution in [3.63, 3.8) is 0 Å². The molecule has 2 aromatic heterocycles. The molecule has 0 atom stereocenters. The Balaban J connectivity index is 2.97. The van der Waals surface area contributed by atoms with Gasteiger partial charge in [-0.2, -0.15) is 5.10 Å².